The Labute approximate surface area is 128 Å². The van der Waals surface area contributed by atoms with Crippen molar-refractivity contribution < 1.29 is 9.47 Å². The first-order valence-electron chi connectivity index (χ1n) is 6.94. The molecule has 0 unspecified atom stereocenters. The van der Waals surface area contributed by atoms with Gasteiger partial charge < -0.3 is 9.94 Å². The van der Waals surface area contributed by atoms with Gasteiger partial charge in [-0.25, -0.2) is 4.99 Å². The number of nitrogens with zero attached hydrogens (tertiary/aromatic N) is 3. The Morgan fingerprint density at radius 2 is 2.09 bits per heavy atom. The first-order valence-corrected chi connectivity index (χ1v) is 6.94. The molecule has 3 rings (SSSR count). The van der Waals surface area contributed by atoms with E-state index in [-0.39, 0.29) is 0 Å². The van der Waals surface area contributed by atoms with E-state index in [1.165, 1.54) is 6.20 Å². The molecule has 1 aromatic heterocycles. The fourth-order valence-corrected chi connectivity index (χ4v) is 2.50. The average Bonchev–Trinajstić information content (AvgIpc) is 2.45. The minimum absolute atomic E-state index is 0.438. The van der Waals surface area contributed by atoms with E-state index in [0.717, 1.165) is 10.3 Å². The summed E-state index contributed by atoms with van der Waals surface area (Å²) in [6.45, 7) is 5.53. The molecule has 0 amide bonds. The molecule has 5 nitrogen and oxygen atoms in total. The van der Waals surface area contributed by atoms with Crippen molar-refractivity contribution in [1.29, 1.82) is 5.26 Å². The lowest BCUT2D eigenvalue weighted by molar-refractivity contribution is -0.606. The zero-order valence-corrected chi connectivity index (χ0v) is 12.6. The van der Waals surface area contributed by atoms with Crippen LogP contribution in [0.1, 0.15) is 36.2 Å². The highest BCUT2D eigenvalue weighted by Gasteiger charge is 2.32. The van der Waals surface area contributed by atoms with Gasteiger partial charge >= 0.3 is 0 Å². The summed E-state index contributed by atoms with van der Waals surface area (Å²) in [6.07, 6.45) is 1.43. The summed E-state index contributed by atoms with van der Waals surface area (Å²) < 4.78 is 6.66. The lowest BCUT2D eigenvalue weighted by Gasteiger charge is -2.30. The number of fused-ring (bicyclic) bond motifs is 1. The molecule has 0 spiro atoms. The summed E-state index contributed by atoms with van der Waals surface area (Å²) in [7, 11) is 0. The maximum atomic E-state index is 12.1. The van der Waals surface area contributed by atoms with Crippen LogP contribution in [0.15, 0.2) is 41.5 Å². The Morgan fingerprint density at radius 1 is 1.32 bits per heavy atom. The van der Waals surface area contributed by atoms with Gasteiger partial charge in [0.05, 0.1) is 17.2 Å². The predicted octanol–water partition coefficient (Wildman–Crippen LogP) is 2.47. The van der Waals surface area contributed by atoms with Gasteiger partial charge in [0.25, 0.3) is 0 Å². The van der Waals surface area contributed by atoms with Gasteiger partial charge in [-0.1, -0.05) is 0 Å². The zero-order chi connectivity index (χ0) is 15.9. The summed E-state index contributed by atoms with van der Waals surface area (Å²) in [6, 6.07) is 10.9. The van der Waals surface area contributed by atoms with Crippen LogP contribution in [0.4, 0.5) is 0 Å². The molecule has 110 valence electrons. The number of nitriles is 1. The van der Waals surface area contributed by atoms with E-state index in [1.54, 1.807) is 24.3 Å². The molecule has 0 radical (unpaired) electrons. The van der Waals surface area contributed by atoms with E-state index >= 15 is 0 Å². The molecule has 5 heteroatoms. The number of ether oxygens (including phenoxy) is 1. The monoisotopic (exact) mass is 293 g/mol. The number of hydrogen-bond donors (Lipinski definition) is 0. The zero-order valence-electron chi connectivity index (χ0n) is 12.6. The van der Waals surface area contributed by atoms with Crippen LogP contribution in [0.2, 0.25) is 0 Å². The quantitative estimate of drug-likeness (QED) is 0.599. The van der Waals surface area contributed by atoms with Gasteiger partial charge in [0.15, 0.2) is 11.9 Å². The number of aromatic nitrogens is 1. The standard InChI is InChI=1S/C17H15N3O2/c1-11-8-15-13(9-12(11)10-18)16(19-17(2,3)22-15)14-6-4-5-7-20(14)21/h4-9H,1-3H3. The van der Waals surface area contributed by atoms with E-state index < -0.39 is 5.72 Å². The largest absolute Gasteiger partial charge is 0.618 e. The summed E-state index contributed by atoms with van der Waals surface area (Å²) in [5.74, 6) is 0.635. The van der Waals surface area contributed by atoms with Crippen molar-refractivity contribution in [2.45, 2.75) is 26.5 Å². The molecular formula is C17H15N3O2. The van der Waals surface area contributed by atoms with Crippen molar-refractivity contribution in [3.8, 4) is 11.8 Å². The fraction of sp³-hybridized carbons (Fsp3) is 0.235. The average molecular weight is 293 g/mol. The third-order valence-electron chi connectivity index (χ3n) is 3.51. The summed E-state index contributed by atoms with van der Waals surface area (Å²) in [4.78, 5) is 4.56. The van der Waals surface area contributed by atoms with Crippen molar-refractivity contribution in [2.24, 2.45) is 4.99 Å². The molecule has 0 N–H and O–H groups in total. The normalized spacial score (nSPS) is 15.3. The molecular weight excluding hydrogens is 278 g/mol. The van der Waals surface area contributed by atoms with Gasteiger partial charge in [0.1, 0.15) is 11.5 Å². The highest BCUT2D eigenvalue weighted by atomic mass is 16.5. The van der Waals surface area contributed by atoms with Crippen molar-refractivity contribution in [2.75, 3.05) is 0 Å². The van der Waals surface area contributed by atoms with Crippen LogP contribution in [0.3, 0.4) is 0 Å². The van der Waals surface area contributed by atoms with Crippen molar-refractivity contribution in [1.82, 2.24) is 0 Å². The van der Waals surface area contributed by atoms with E-state index in [0.29, 0.717) is 28.3 Å². The maximum Gasteiger partial charge on any atom is 0.242 e. The topological polar surface area (TPSA) is 72.3 Å². The summed E-state index contributed by atoms with van der Waals surface area (Å²) in [5.41, 5.74) is 2.25. The molecule has 0 aliphatic carbocycles. The molecule has 1 aromatic carbocycles. The highest BCUT2D eigenvalue weighted by molar-refractivity contribution is 6.13. The molecule has 1 aliphatic rings. The SMILES string of the molecule is Cc1cc2c(cc1C#N)C(c1cccc[n+]1[O-])=NC(C)(C)O2. The van der Waals surface area contributed by atoms with E-state index in [2.05, 4.69) is 11.1 Å². The Balaban J connectivity index is 2.29. The molecule has 0 saturated heterocycles. The van der Waals surface area contributed by atoms with Crippen LogP contribution in [0, 0.1) is 23.5 Å². The Kier molecular flexibility index (Phi) is 3.10. The molecule has 0 atom stereocenters. The molecule has 0 bridgehead atoms. The molecule has 2 heterocycles. The van der Waals surface area contributed by atoms with E-state index in [9.17, 15) is 10.5 Å². The summed E-state index contributed by atoms with van der Waals surface area (Å²) >= 11 is 0. The van der Waals surface area contributed by atoms with Crippen LogP contribution in [-0.2, 0) is 0 Å². The van der Waals surface area contributed by atoms with Crippen molar-refractivity contribution >= 4 is 5.71 Å². The minimum Gasteiger partial charge on any atom is -0.618 e. The number of pyridine rings is 1. The molecule has 0 saturated carbocycles. The Bertz CT molecular complexity index is 832. The first kappa shape index (κ1) is 14.1. The maximum absolute atomic E-state index is 12.1. The number of aryl methyl sites for hydroxylation is 1. The molecule has 22 heavy (non-hydrogen) atoms. The number of benzene rings is 1. The van der Waals surface area contributed by atoms with Crippen molar-refractivity contribution in [3.63, 3.8) is 0 Å². The Hall–Kier alpha value is -2.87. The third kappa shape index (κ3) is 2.29. The second-order valence-corrected chi connectivity index (χ2v) is 5.70. The van der Waals surface area contributed by atoms with Gasteiger partial charge in [-0.3, -0.25) is 0 Å². The van der Waals surface area contributed by atoms with E-state index in [4.69, 9.17) is 4.74 Å². The minimum atomic E-state index is -0.772. The number of rotatable bonds is 1. The number of hydrogen-bond acceptors (Lipinski definition) is 4. The fourth-order valence-electron chi connectivity index (χ4n) is 2.50. The summed E-state index contributed by atoms with van der Waals surface area (Å²) in [5, 5.41) is 21.3. The lowest BCUT2D eigenvalue weighted by atomic mass is 9.97. The predicted molar refractivity (Wildman–Crippen MR) is 81.6 cm³/mol. The third-order valence-corrected chi connectivity index (χ3v) is 3.51. The van der Waals surface area contributed by atoms with Crippen LogP contribution in [0.25, 0.3) is 0 Å². The molecule has 0 fully saturated rings. The second-order valence-electron chi connectivity index (χ2n) is 5.70. The van der Waals surface area contributed by atoms with Gasteiger partial charge in [0, 0.05) is 12.1 Å². The van der Waals surface area contributed by atoms with Gasteiger partial charge in [-0.2, -0.15) is 9.99 Å². The highest BCUT2D eigenvalue weighted by Crippen LogP contribution is 2.33. The van der Waals surface area contributed by atoms with E-state index in [1.807, 2.05) is 26.8 Å². The molecule has 2 aromatic rings. The molecule has 1 aliphatic heterocycles. The van der Waals surface area contributed by atoms with Crippen LogP contribution in [0.5, 0.6) is 5.75 Å². The van der Waals surface area contributed by atoms with Crippen LogP contribution >= 0.6 is 0 Å². The first-order chi connectivity index (χ1) is 10.4. The lowest BCUT2D eigenvalue weighted by Crippen LogP contribution is -2.39. The van der Waals surface area contributed by atoms with Gasteiger partial charge in [-0.15, -0.1) is 0 Å². The van der Waals surface area contributed by atoms with Gasteiger partial charge in [0.2, 0.25) is 5.69 Å². The van der Waals surface area contributed by atoms with Crippen molar-refractivity contribution in [3.05, 3.63) is 64.1 Å². The number of aliphatic imine (C=N–C) groups is 1. The smallest absolute Gasteiger partial charge is 0.242 e. The van der Waals surface area contributed by atoms with Crippen LogP contribution in [-0.4, -0.2) is 11.4 Å². The van der Waals surface area contributed by atoms with Gasteiger partial charge in [-0.05, 0) is 44.5 Å². The van der Waals surface area contributed by atoms with Crippen LogP contribution < -0.4 is 9.47 Å². The Morgan fingerprint density at radius 3 is 2.77 bits per heavy atom. The second kappa shape index (κ2) is 4.85.